The normalized spacial score (nSPS) is 16.8. The molecule has 1 amide bonds. The van der Waals surface area contributed by atoms with Crippen LogP contribution in [0.1, 0.15) is 23.2 Å². The second-order valence-electron chi connectivity index (χ2n) is 4.45. The van der Waals surface area contributed by atoms with Gasteiger partial charge in [-0.25, -0.2) is 0 Å². The number of ether oxygens (including phenoxy) is 1. The molecule has 1 N–H and O–H groups in total. The maximum absolute atomic E-state index is 12.2. The van der Waals surface area contributed by atoms with E-state index in [4.69, 9.17) is 9.84 Å². The van der Waals surface area contributed by atoms with Gasteiger partial charge in [-0.3, -0.25) is 4.79 Å². The summed E-state index contributed by atoms with van der Waals surface area (Å²) in [5.41, 5.74) is 0.743. The number of hydrogen-bond donors (Lipinski definition) is 1. The maximum atomic E-state index is 12.2. The van der Waals surface area contributed by atoms with Gasteiger partial charge in [0, 0.05) is 18.7 Å². The third kappa shape index (κ3) is 3.31. The summed E-state index contributed by atoms with van der Waals surface area (Å²) in [4.78, 5) is 14.0. The molecule has 0 aromatic heterocycles. The molecule has 4 heteroatoms. The summed E-state index contributed by atoms with van der Waals surface area (Å²) < 4.78 is 5.48. The Hall–Kier alpha value is -1.39. The highest BCUT2D eigenvalue weighted by atomic mass is 16.5. The zero-order valence-corrected chi connectivity index (χ0v) is 10.4. The predicted molar refractivity (Wildman–Crippen MR) is 68.4 cm³/mol. The Morgan fingerprint density at radius 2 is 1.94 bits per heavy atom. The van der Waals surface area contributed by atoms with Gasteiger partial charge in [-0.2, -0.15) is 0 Å². The number of aliphatic hydroxyl groups excluding tert-OH is 1. The molecule has 0 saturated carbocycles. The summed E-state index contributed by atoms with van der Waals surface area (Å²) in [7, 11) is 0. The van der Waals surface area contributed by atoms with Gasteiger partial charge in [0.2, 0.25) is 0 Å². The van der Waals surface area contributed by atoms with Crippen LogP contribution in [0.15, 0.2) is 30.3 Å². The van der Waals surface area contributed by atoms with E-state index in [2.05, 4.69) is 0 Å². The first-order chi connectivity index (χ1) is 8.81. The molecule has 1 saturated heterocycles. The average Bonchev–Trinajstić information content (AvgIpc) is 2.46. The number of rotatable bonds is 4. The van der Waals surface area contributed by atoms with Crippen LogP contribution in [0.2, 0.25) is 0 Å². The van der Waals surface area contributed by atoms with Crippen molar-refractivity contribution in [2.45, 2.75) is 18.9 Å². The molecule has 1 aromatic rings. The van der Waals surface area contributed by atoms with Crippen molar-refractivity contribution in [3.63, 3.8) is 0 Å². The first kappa shape index (κ1) is 13.1. The molecule has 2 rings (SSSR count). The van der Waals surface area contributed by atoms with Crippen molar-refractivity contribution in [3.8, 4) is 0 Å². The van der Waals surface area contributed by atoms with Gasteiger partial charge < -0.3 is 14.7 Å². The molecule has 0 bridgehead atoms. The number of nitrogens with zero attached hydrogens (tertiary/aromatic N) is 1. The van der Waals surface area contributed by atoms with Gasteiger partial charge in [-0.1, -0.05) is 18.2 Å². The fourth-order valence-electron chi connectivity index (χ4n) is 2.21. The van der Waals surface area contributed by atoms with Crippen molar-refractivity contribution in [2.75, 3.05) is 26.3 Å². The van der Waals surface area contributed by atoms with Crippen LogP contribution in [0.4, 0.5) is 0 Å². The zero-order valence-electron chi connectivity index (χ0n) is 10.4. The molecule has 1 fully saturated rings. The highest BCUT2D eigenvalue weighted by molar-refractivity contribution is 5.94. The molecule has 4 nitrogen and oxygen atoms in total. The van der Waals surface area contributed by atoms with Crippen LogP contribution in [0, 0.1) is 0 Å². The lowest BCUT2D eigenvalue weighted by molar-refractivity contribution is -0.00554. The van der Waals surface area contributed by atoms with Crippen molar-refractivity contribution < 1.29 is 14.6 Å². The average molecular weight is 249 g/mol. The van der Waals surface area contributed by atoms with Crippen LogP contribution in [0.3, 0.4) is 0 Å². The second-order valence-corrected chi connectivity index (χ2v) is 4.45. The Bertz CT molecular complexity index is 372. The third-order valence-electron chi connectivity index (χ3n) is 3.19. The van der Waals surface area contributed by atoms with E-state index < -0.39 is 0 Å². The Kier molecular flexibility index (Phi) is 4.73. The number of carbonyl (C=O) groups is 1. The number of piperidine rings is 1. The molecule has 1 heterocycles. The van der Waals surface area contributed by atoms with E-state index in [0.29, 0.717) is 6.61 Å². The van der Waals surface area contributed by atoms with Crippen LogP contribution in [-0.4, -0.2) is 48.3 Å². The van der Waals surface area contributed by atoms with Crippen molar-refractivity contribution in [2.24, 2.45) is 0 Å². The molecule has 1 aliphatic heterocycles. The molecule has 0 radical (unpaired) electrons. The van der Waals surface area contributed by atoms with E-state index in [-0.39, 0.29) is 18.6 Å². The first-order valence-electron chi connectivity index (χ1n) is 6.38. The maximum Gasteiger partial charge on any atom is 0.253 e. The molecule has 0 atom stereocenters. The topological polar surface area (TPSA) is 49.8 Å². The smallest absolute Gasteiger partial charge is 0.253 e. The monoisotopic (exact) mass is 249 g/mol. The molecule has 0 unspecified atom stereocenters. The molecular formula is C14H19NO3. The van der Waals surface area contributed by atoms with Gasteiger partial charge in [-0.05, 0) is 25.0 Å². The Labute approximate surface area is 107 Å². The van der Waals surface area contributed by atoms with Gasteiger partial charge in [0.05, 0.1) is 19.3 Å². The minimum atomic E-state index is 0.0587. The van der Waals surface area contributed by atoms with Gasteiger partial charge in [0.25, 0.3) is 5.91 Å². The fraction of sp³-hybridized carbons (Fsp3) is 0.500. The summed E-state index contributed by atoms with van der Waals surface area (Å²) in [6.07, 6.45) is 1.87. The van der Waals surface area contributed by atoms with Crippen LogP contribution in [0.5, 0.6) is 0 Å². The minimum absolute atomic E-state index is 0.0587. The molecule has 18 heavy (non-hydrogen) atoms. The largest absolute Gasteiger partial charge is 0.394 e. The molecule has 0 aliphatic carbocycles. The SMILES string of the molecule is O=C(c1ccccc1)N1CCC(OCCO)CC1. The molecule has 0 spiro atoms. The van der Waals surface area contributed by atoms with Crippen LogP contribution in [-0.2, 0) is 4.74 Å². The number of carbonyl (C=O) groups excluding carboxylic acids is 1. The third-order valence-corrected chi connectivity index (χ3v) is 3.19. The van der Waals surface area contributed by atoms with Crippen molar-refractivity contribution in [1.29, 1.82) is 0 Å². The van der Waals surface area contributed by atoms with E-state index in [0.717, 1.165) is 31.5 Å². The minimum Gasteiger partial charge on any atom is -0.394 e. The number of amides is 1. The molecule has 98 valence electrons. The highest BCUT2D eigenvalue weighted by Crippen LogP contribution is 2.16. The first-order valence-corrected chi connectivity index (χ1v) is 6.38. The van der Waals surface area contributed by atoms with Crippen LogP contribution in [0.25, 0.3) is 0 Å². The van der Waals surface area contributed by atoms with Gasteiger partial charge in [0.1, 0.15) is 0 Å². The van der Waals surface area contributed by atoms with Crippen LogP contribution < -0.4 is 0 Å². The standard InChI is InChI=1S/C14H19NO3/c16-10-11-18-13-6-8-15(9-7-13)14(17)12-4-2-1-3-5-12/h1-5,13,16H,6-11H2. The van der Waals surface area contributed by atoms with Crippen molar-refractivity contribution >= 4 is 5.91 Å². The summed E-state index contributed by atoms with van der Waals surface area (Å²) in [5, 5.41) is 8.70. The number of aliphatic hydroxyl groups is 1. The zero-order chi connectivity index (χ0) is 12.8. The lowest BCUT2D eigenvalue weighted by Crippen LogP contribution is -2.41. The quantitative estimate of drug-likeness (QED) is 0.875. The van der Waals surface area contributed by atoms with Gasteiger partial charge in [0.15, 0.2) is 0 Å². The second kappa shape index (κ2) is 6.52. The summed E-state index contributed by atoms with van der Waals surface area (Å²) in [5.74, 6) is 0.0937. The molecule has 1 aliphatic rings. The van der Waals surface area contributed by atoms with Crippen molar-refractivity contribution in [3.05, 3.63) is 35.9 Å². The van der Waals surface area contributed by atoms with Crippen LogP contribution >= 0.6 is 0 Å². The lowest BCUT2D eigenvalue weighted by atomic mass is 10.1. The highest BCUT2D eigenvalue weighted by Gasteiger charge is 2.23. The van der Waals surface area contributed by atoms with Gasteiger partial charge in [-0.15, -0.1) is 0 Å². The molecule has 1 aromatic carbocycles. The van der Waals surface area contributed by atoms with E-state index in [1.165, 1.54) is 0 Å². The van der Waals surface area contributed by atoms with Crippen molar-refractivity contribution in [1.82, 2.24) is 4.90 Å². The predicted octanol–water partition coefficient (Wildman–Crippen LogP) is 1.30. The summed E-state index contributed by atoms with van der Waals surface area (Å²) in [6.45, 7) is 1.90. The number of hydrogen-bond acceptors (Lipinski definition) is 3. The Morgan fingerprint density at radius 1 is 1.28 bits per heavy atom. The van der Waals surface area contributed by atoms with E-state index in [9.17, 15) is 4.79 Å². The summed E-state index contributed by atoms with van der Waals surface area (Å²) >= 11 is 0. The molecular weight excluding hydrogens is 230 g/mol. The van der Waals surface area contributed by atoms with Gasteiger partial charge >= 0.3 is 0 Å². The van der Waals surface area contributed by atoms with E-state index in [1.807, 2.05) is 35.2 Å². The Balaban J connectivity index is 1.84. The fourth-order valence-corrected chi connectivity index (χ4v) is 2.21. The number of benzene rings is 1. The summed E-state index contributed by atoms with van der Waals surface area (Å²) in [6, 6.07) is 9.35. The Morgan fingerprint density at radius 3 is 2.56 bits per heavy atom. The number of likely N-dealkylation sites (tertiary alicyclic amines) is 1. The lowest BCUT2D eigenvalue weighted by Gasteiger charge is -2.31. The van der Waals surface area contributed by atoms with E-state index in [1.54, 1.807) is 0 Å². The van der Waals surface area contributed by atoms with E-state index >= 15 is 0 Å².